The molecule has 2 aromatic rings. The van der Waals surface area contributed by atoms with Crippen LogP contribution in [0.25, 0.3) is 5.95 Å². The Balaban J connectivity index is 2.55. The Morgan fingerprint density at radius 1 is 1.44 bits per heavy atom. The largest absolute Gasteiger partial charge is 0.388 e. The Bertz CT molecular complexity index is 603. The van der Waals surface area contributed by atoms with Crippen LogP contribution in [0.4, 0.5) is 0 Å². The van der Waals surface area contributed by atoms with Crippen LogP contribution in [-0.4, -0.2) is 24.7 Å². The first kappa shape index (κ1) is 12.6. The molecule has 0 aromatic carbocycles. The summed E-state index contributed by atoms with van der Waals surface area (Å²) in [6.45, 7) is 6.10. The van der Waals surface area contributed by atoms with Crippen molar-refractivity contribution in [3.05, 3.63) is 34.9 Å². The Morgan fingerprint density at radius 3 is 2.72 bits per heavy atom. The average molecular weight is 261 g/mol. The molecule has 94 valence electrons. The van der Waals surface area contributed by atoms with Crippen LogP contribution < -0.4 is 5.73 Å². The van der Waals surface area contributed by atoms with Gasteiger partial charge in [-0.05, 0) is 31.9 Å². The molecule has 0 radical (unpaired) electrons. The third-order valence-corrected chi connectivity index (χ3v) is 3.09. The fourth-order valence-corrected chi connectivity index (χ4v) is 2.08. The van der Waals surface area contributed by atoms with Gasteiger partial charge in [-0.3, -0.25) is 0 Å². The first-order valence-corrected chi connectivity index (χ1v) is 6.13. The van der Waals surface area contributed by atoms with Gasteiger partial charge >= 0.3 is 0 Å². The van der Waals surface area contributed by atoms with E-state index in [0.29, 0.717) is 11.6 Å². The summed E-state index contributed by atoms with van der Waals surface area (Å²) in [5.41, 5.74) is 9.40. The molecule has 0 aliphatic carbocycles. The second-order valence-corrected chi connectivity index (χ2v) is 4.46. The Morgan fingerprint density at radius 2 is 2.17 bits per heavy atom. The highest BCUT2D eigenvalue weighted by Gasteiger charge is 2.13. The maximum Gasteiger partial charge on any atom is 0.251 e. The molecule has 0 atom stereocenters. The molecule has 0 unspecified atom stereocenters. The molecule has 0 aliphatic heterocycles. The molecule has 5 nitrogen and oxygen atoms in total. The first-order chi connectivity index (χ1) is 8.54. The molecule has 6 heteroatoms. The summed E-state index contributed by atoms with van der Waals surface area (Å²) in [6.07, 6.45) is 2.57. The zero-order valence-electron chi connectivity index (χ0n) is 10.6. The van der Waals surface area contributed by atoms with Gasteiger partial charge in [0.05, 0.1) is 5.69 Å². The lowest BCUT2D eigenvalue weighted by atomic mass is 10.1. The molecule has 2 rings (SSSR count). The van der Waals surface area contributed by atoms with Gasteiger partial charge in [-0.2, -0.15) is 5.10 Å². The summed E-state index contributed by atoms with van der Waals surface area (Å²) in [5, 5.41) is 4.46. The Kier molecular flexibility index (Phi) is 3.38. The maximum atomic E-state index is 5.57. The van der Waals surface area contributed by atoms with Crippen LogP contribution in [-0.2, 0) is 6.42 Å². The molecule has 0 bridgehead atoms. The van der Waals surface area contributed by atoms with Crippen molar-refractivity contribution in [3.63, 3.8) is 0 Å². The van der Waals surface area contributed by atoms with Crippen molar-refractivity contribution in [1.29, 1.82) is 0 Å². The molecular weight excluding hydrogens is 246 g/mol. The van der Waals surface area contributed by atoms with E-state index in [9.17, 15) is 0 Å². The van der Waals surface area contributed by atoms with Gasteiger partial charge < -0.3 is 5.73 Å². The zero-order chi connectivity index (χ0) is 13.3. The summed E-state index contributed by atoms with van der Waals surface area (Å²) in [6, 6.07) is 1.69. The van der Waals surface area contributed by atoms with Crippen LogP contribution in [0, 0.1) is 13.8 Å². The minimum Gasteiger partial charge on any atom is -0.388 e. The summed E-state index contributed by atoms with van der Waals surface area (Å²) >= 11 is 4.92. The van der Waals surface area contributed by atoms with Crippen LogP contribution >= 0.6 is 12.2 Å². The van der Waals surface area contributed by atoms with Crippen molar-refractivity contribution >= 4 is 17.2 Å². The molecule has 2 heterocycles. The van der Waals surface area contributed by atoms with Gasteiger partial charge in [0.1, 0.15) is 10.7 Å². The topological polar surface area (TPSA) is 69.6 Å². The number of hydrogen-bond donors (Lipinski definition) is 1. The summed E-state index contributed by atoms with van der Waals surface area (Å²) in [7, 11) is 0. The number of hydrogen-bond acceptors (Lipinski definition) is 4. The van der Waals surface area contributed by atoms with Gasteiger partial charge in [-0.15, -0.1) is 0 Å². The molecule has 2 aromatic heterocycles. The quantitative estimate of drug-likeness (QED) is 0.847. The van der Waals surface area contributed by atoms with Gasteiger partial charge in [0.15, 0.2) is 0 Å². The second-order valence-electron chi connectivity index (χ2n) is 4.02. The molecule has 0 aliphatic rings. The predicted molar refractivity (Wildman–Crippen MR) is 73.9 cm³/mol. The smallest absolute Gasteiger partial charge is 0.251 e. The third-order valence-electron chi connectivity index (χ3n) is 2.88. The molecular formula is C12H15N5S. The highest BCUT2D eigenvalue weighted by Crippen LogP contribution is 2.16. The number of nitrogens with zero attached hydrogens (tertiary/aromatic N) is 4. The average Bonchev–Trinajstić information content (AvgIpc) is 2.64. The number of thiocarbonyl (C=S) groups is 1. The van der Waals surface area contributed by atoms with E-state index < -0.39 is 0 Å². The predicted octanol–water partition coefficient (Wildman–Crippen LogP) is 1.48. The van der Waals surface area contributed by atoms with Gasteiger partial charge in [0, 0.05) is 11.9 Å². The minimum absolute atomic E-state index is 0.260. The van der Waals surface area contributed by atoms with Gasteiger partial charge in [0.25, 0.3) is 5.95 Å². The third kappa shape index (κ3) is 2.11. The van der Waals surface area contributed by atoms with Gasteiger partial charge in [0.2, 0.25) is 0 Å². The van der Waals surface area contributed by atoms with Crippen molar-refractivity contribution < 1.29 is 0 Å². The van der Waals surface area contributed by atoms with Crippen LogP contribution in [0.5, 0.6) is 0 Å². The molecule has 0 fully saturated rings. The van der Waals surface area contributed by atoms with E-state index in [1.54, 1.807) is 16.9 Å². The second kappa shape index (κ2) is 4.81. The summed E-state index contributed by atoms with van der Waals surface area (Å²) < 4.78 is 1.73. The molecule has 0 amide bonds. The SMILES string of the molecule is CCc1c(C)nn(-c2nccc(C(N)=S)n2)c1C. The summed E-state index contributed by atoms with van der Waals surface area (Å²) in [4.78, 5) is 8.79. The van der Waals surface area contributed by atoms with Crippen molar-refractivity contribution in [3.8, 4) is 5.95 Å². The summed E-state index contributed by atoms with van der Waals surface area (Å²) in [5.74, 6) is 0.501. The highest BCUT2D eigenvalue weighted by atomic mass is 32.1. The number of rotatable bonds is 3. The van der Waals surface area contributed by atoms with Crippen molar-refractivity contribution in [1.82, 2.24) is 19.7 Å². The van der Waals surface area contributed by atoms with Gasteiger partial charge in [-0.25, -0.2) is 14.6 Å². The minimum atomic E-state index is 0.260. The monoisotopic (exact) mass is 261 g/mol. The van der Waals surface area contributed by atoms with E-state index in [1.165, 1.54) is 5.56 Å². The van der Waals surface area contributed by atoms with Crippen molar-refractivity contribution in [2.75, 3.05) is 0 Å². The van der Waals surface area contributed by atoms with E-state index in [-0.39, 0.29) is 4.99 Å². The van der Waals surface area contributed by atoms with E-state index in [1.807, 2.05) is 13.8 Å². The van der Waals surface area contributed by atoms with E-state index >= 15 is 0 Å². The molecule has 0 spiro atoms. The number of nitrogens with two attached hydrogens (primary N) is 1. The van der Waals surface area contributed by atoms with Crippen LogP contribution in [0.1, 0.15) is 29.6 Å². The zero-order valence-corrected chi connectivity index (χ0v) is 11.5. The lowest BCUT2D eigenvalue weighted by molar-refractivity contribution is 0.771. The van der Waals surface area contributed by atoms with Crippen molar-refractivity contribution in [2.24, 2.45) is 5.73 Å². The highest BCUT2D eigenvalue weighted by molar-refractivity contribution is 7.80. The van der Waals surface area contributed by atoms with Gasteiger partial charge in [-0.1, -0.05) is 19.1 Å². The normalized spacial score (nSPS) is 10.6. The fourth-order valence-electron chi connectivity index (χ4n) is 1.97. The standard InChI is InChI=1S/C12H15N5S/c1-4-9-7(2)16-17(8(9)3)12-14-6-5-10(15-12)11(13)18/h5-6H,4H2,1-3H3,(H2,13,18). The Labute approximate surface area is 111 Å². The molecule has 2 N–H and O–H groups in total. The van der Waals surface area contributed by atoms with Crippen LogP contribution in [0.2, 0.25) is 0 Å². The Hall–Kier alpha value is -1.82. The van der Waals surface area contributed by atoms with E-state index in [2.05, 4.69) is 22.0 Å². The molecule has 0 saturated heterocycles. The molecule has 18 heavy (non-hydrogen) atoms. The molecule has 0 saturated carbocycles. The first-order valence-electron chi connectivity index (χ1n) is 5.73. The maximum absolute atomic E-state index is 5.57. The number of aryl methyl sites for hydroxylation is 1. The van der Waals surface area contributed by atoms with Crippen LogP contribution in [0.15, 0.2) is 12.3 Å². The van der Waals surface area contributed by atoms with E-state index in [0.717, 1.165) is 17.8 Å². The lowest BCUT2D eigenvalue weighted by Crippen LogP contribution is -2.14. The van der Waals surface area contributed by atoms with Crippen LogP contribution in [0.3, 0.4) is 0 Å². The number of aromatic nitrogens is 4. The lowest BCUT2D eigenvalue weighted by Gasteiger charge is -2.04. The fraction of sp³-hybridized carbons (Fsp3) is 0.333. The van der Waals surface area contributed by atoms with E-state index in [4.69, 9.17) is 18.0 Å². The van der Waals surface area contributed by atoms with Crippen molar-refractivity contribution in [2.45, 2.75) is 27.2 Å².